The first kappa shape index (κ1) is 18.3. The highest BCUT2D eigenvalue weighted by atomic mass is 32.2. The molecule has 9 heteroatoms. The molecule has 1 heterocycles. The summed E-state index contributed by atoms with van der Waals surface area (Å²) in [5.41, 5.74) is 2.03. The molecule has 0 amide bonds. The number of methoxy groups -OCH3 is 1. The summed E-state index contributed by atoms with van der Waals surface area (Å²) in [6, 6.07) is 11.2. The molecule has 26 heavy (non-hydrogen) atoms. The molecule has 0 aromatic heterocycles. The zero-order valence-electron chi connectivity index (χ0n) is 14.1. The van der Waals surface area contributed by atoms with Crippen molar-refractivity contribution in [2.45, 2.75) is 17.4 Å². The molecule has 2 N–H and O–H groups in total. The zero-order chi connectivity index (χ0) is 18.7. The van der Waals surface area contributed by atoms with Crippen molar-refractivity contribution in [3.63, 3.8) is 0 Å². The van der Waals surface area contributed by atoms with Crippen LogP contribution in [0.4, 0.5) is 5.69 Å². The summed E-state index contributed by atoms with van der Waals surface area (Å²) in [5.74, 6) is -0.0660. The summed E-state index contributed by atoms with van der Waals surface area (Å²) in [6.45, 7) is 0.934. The lowest BCUT2D eigenvalue weighted by molar-refractivity contribution is -0.385. The molecule has 0 radical (unpaired) electrons. The molecule has 3 rings (SSSR count). The first-order chi connectivity index (χ1) is 12.4. The third kappa shape index (κ3) is 3.69. The van der Waals surface area contributed by atoms with Gasteiger partial charge in [0.15, 0.2) is 0 Å². The van der Waals surface area contributed by atoms with Crippen LogP contribution in [-0.2, 0) is 16.4 Å². The number of rotatable bonds is 6. The predicted octanol–water partition coefficient (Wildman–Crippen LogP) is 1.77. The second kappa shape index (κ2) is 7.40. The minimum atomic E-state index is -3.89. The smallest absolute Gasteiger partial charge is 0.273 e. The maximum atomic E-state index is 12.7. The molecule has 0 aliphatic carbocycles. The number of ether oxygens (including phenoxy) is 1. The van der Waals surface area contributed by atoms with Crippen LogP contribution < -0.4 is 14.8 Å². The molecule has 0 bridgehead atoms. The summed E-state index contributed by atoms with van der Waals surface area (Å²) in [4.78, 5) is 10.1. The van der Waals surface area contributed by atoms with Gasteiger partial charge in [-0.2, -0.15) is 0 Å². The monoisotopic (exact) mass is 377 g/mol. The van der Waals surface area contributed by atoms with Crippen molar-refractivity contribution in [1.29, 1.82) is 0 Å². The Labute approximate surface area is 151 Å². The number of sulfonamides is 1. The summed E-state index contributed by atoms with van der Waals surface area (Å²) < 4.78 is 32.9. The number of benzene rings is 2. The van der Waals surface area contributed by atoms with Gasteiger partial charge in [0, 0.05) is 18.7 Å². The second-order valence-corrected chi connectivity index (χ2v) is 7.64. The second-order valence-electron chi connectivity index (χ2n) is 5.90. The Morgan fingerprint density at radius 3 is 2.81 bits per heavy atom. The molecule has 0 fully saturated rings. The van der Waals surface area contributed by atoms with Gasteiger partial charge in [0.1, 0.15) is 10.6 Å². The number of nitro benzene ring substituents is 1. The highest BCUT2D eigenvalue weighted by molar-refractivity contribution is 7.89. The highest BCUT2D eigenvalue weighted by Crippen LogP contribution is 2.29. The molecule has 1 aliphatic rings. The van der Waals surface area contributed by atoms with E-state index in [-0.39, 0.29) is 28.9 Å². The van der Waals surface area contributed by atoms with E-state index in [1.54, 1.807) is 0 Å². The van der Waals surface area contributed by atoms with Crippen molar-refractivity contribution in [2.24, 2.45) is 0 Å². The van der Waals surface area contributed by atoms with Crippen LogP contribution in [0.3, 0.4) is 0 Å². The van der Waals surface area contributed by atoms with E-state index >= 15 is 0 Å². The zero-order valence-corrected chi connectivity index (χ0v) is 15.0. The van der Waals surface area contributed by atoms with Gasteiger partial charge in [0.2, 0.25) is 10.0 Å². The first-order valence-electron chi connectivity index (χ1n) is 8.05. The molecule has 1 unspecified atom stereocenters. The van der Waals surface area contributed by atoms with E-state index in [0.717, 1.165) is 30.7 Å². The maximum Gasteiger partial charge on any atom is 0.273 e. The Balaban J connectivity index is 1.81. The van der Waals surface area contributed by atoms with Crippen LogP contribution in [0.1, 0.15) is 17.2 Å². The number of fused-ring (bicyclic) bond motifs is 1. The Bertz CT molecular complexity index is 930. The van der Waals surface area contributed by atoms with Gasteiger partial charge in [0.05, 0.1) is 18.1 Å². The molecule has 2 aromatic rings. The van der Waals surface area contributed by atoms with Crippen LogP contribution in [0.25, 0.3) is 0 Å². The van der Waals surface area contributed by atoms with Gasteiger partial charge in [0.25, 0.3) is 5.69 Å². The van der Waals surface area contributed by atoms with E-state index < -0.39 is 14.9 Å². The Hall–Kier alpha value is -2.49. The number of nitrogens with one attached hydrogen (secondary N) is 2. The number of hydrogen-bond donors (Lipinski definition) is 2. The Kier molecular flexibility index (Phi) is 5.21. The third-order valence-electron chi connectivity index (χ3n) is 4.34. The fraction of sp³-hybridized carbons (Fsp3) is 0.294. The van der Waals surface area contributed by atoms with E-state index in [4.69, 9.17) is 4.74 Å². The van der Waals surface area contributed by atoms with Gasteiger partial charge in [-0.05, 0) is 30.2 Å². The number of nitro groups is 1. The van der Waals surface area contributed by atoms with Crippen LogP contribution in [0.2, 0.25) is 0 Å². The lowest BCUT2D eigenvalue weighted by Crippen LogP contribution is -2.38. The number of nitrogens with zero attached hydrogens (tertiary/aromatic N) is 1. The van der Waals surface area contributed by atoms with E-state index in [1.165, 1.54) is 18.7 Å². The van der Waals surface area contributed by atoms with Crippen LogP contribution in [0.5, 0.6) is 5.75 Å². The van der Waals surface area contributed by atoms with Crippen molar-refractivity contribution in [3.8, 4) is 5.75 Å². The molecule has 138 valence electrons. The van der Waals surface area contributed by atoms with Crippen LogP contribution in [-0.4, -0.2) is 33.5 Å². The van der Waals surface area contributed by atoms with Gasteiger partial charge < -0.3 is 10.1 Å². The third-order valence-corrected chi connectivity index (χ3v) is 5.80. The van der Waals surface area contributed by atoms with Crippen molar-refractivity contribution < 1.29 is 18.1 Å². The van der Waals surface area contributed by atoms with E-state index in [1.807, 2.05) is 24.3 Å². The highest BCUT2D eigenvalue weighted by Gasteiger charge is 2.25. The predicted molar refractivity (Wildman–Crippen MR) is 95.7 cm³/mol. The molecule has 0 saturated heterocycles. The quantitative estimate of drug-likeness (QED) is 0.586. The molecular formula is C17H19N3O5S. The molecule has 0 saturated carbocycles. The minimum Gasteiger partial charge on any atom is -0.495 e. The number of hydrogen-bond acceptors (Lipinski definition) is 6. The van der Waals surface area contributed by atoms with Crippen molar-refractivity contribution in [1.82, 2.24) is 10.0 Å². The lowest BCUT2D eigenvalue weighted by Gasteiger charge is -2.27. The molecule has 2 aromatic carbocycles. The fourth-order valence-electron chi connectivity index (χ4n) is 3.04. The Morgan fingerprint density at radius 2 is 2.08 bits per heavy atom. The van der Waals surface area contributed by atoms with Gasteiger partial charge >= 0.3 is 0 Å². The maximum absolute atomic E-state index is 12.7. The summed E-state index contributed by atoms with van der Waals surface area (Å²) in [6.07, 6.45) is 0.898. The van der Waals surface area contributed by atoms with E-state index in [2.05, 4.69) is 10.0 Å². The van der Waals surface area contributed by atoms with Crippen molar-refractivity contribution in [3.05, 3.63) is 63.7 Å². The molecule has 1 aliphatic heterocycles. The Morgan fingerprint density at radius 1 is 1.31 bits per heavy atom. The van der Waals surface area contributed by atoms with Crippen molar-refractivity contribution in [2.75, 3.05) is 20.2 Å². The van der Waals surface area contributed by atoms with E-state index in [0.29, 0.717) is 0 Å². The minimum absolute atomic E-state index is 0.0660. The fourth-order valence-corrected chi connectivity index (χ4v) is 4.23. The first-order valence-corrected chi connectivity index (χ1v) is 9.54. The average molecular weight is 377 g/mol. The van der Waals surface area contributed by atoms with Gasteiger partial charge in [-0.25, -0.2) is 13.1 Å². The molecule has 8 nitrogen and oxygen atoms in total. The number of non-ortho nitro benzene ring substituents is 1. The van der Waals surface area contributed by atoms with E-state index in [9.17, 15) is 18.5 Å². The normalized spacial score (nSPS) is 16.7. The van der Waals surface area contributed by atoms with Crippen LogP contribution in [0, 0.1) is 10.1 Å². The average Bonchev–Trinajstić information content (AvgIpc) is 2.65. The topological polar surface area (TPSA) is 111 Å². The van der Waals surface area contributed by atoms with Crippen LogP contribution in [0.15, 0.2) is 47.4 Å². The SMILES string of the molecule is COc1cc([N+](=O)[O-])ccc1S(=O)(=O)NCC1NCCc2ccccc21. The summed E-state index contributed by atoms with van der Waals surface area (Å²) >= 11 is 0. The standard InChI is InChI=1S/C17H19N3O5S/c1-25-16-10-13(20(21)22)6-7-17(16)26(23,24)19-11-15-14-5-3-2-4-12(14)8-9-18-15/h2-7,10,15,18-19H,8-9,11H2,1H3. The summed E-state index contributed by atoms with van der Waals surface area (Å²) in [7, 11) is -2.61. The molecular weight excluding hydrogens is 358 g/mol. The van der Waals surface area contributed by atoms with Crippen LogP contribution >= 0.6 is 0 Å². The van der Waals surface area contributed by atoms with Crippen molar-refractivity contribution >= 4 is 15.7 Å². The molecule has 0 spiro atoms. The van der Waals surface area contributed by atoms with Gasteiger partial charge in [-0.3, -0.25) is 10.1 Å². The van der Waals surface area contributed by atoms with Gasteiger partial charge in [-0.15, -0.1) is 0 Å². The largest absolute Gasteiger partial charge is 0.495 e. The van der Waals surface area contributed by atoms with Gasteiger partial charge in [-0.1, -0.05) is 24.3 Å². The molecule has 1 atom stereocenters. The lowest BCUT2D eigenvalue weighted by atomic mass is 9.95. The summed E-state index contributed by atoms with van der Waals surface area (Å²) in [5, 5.41) is 14.2.